The van der Waals surface area contributed by atoms with Crippen LogP contribution in [0.2, 0.25) is 0 Å². The second-order valence-corrected chi connectivity index (χ2v) is 7.78. The predicted octanol–water partition coefficient (Wildman–Crippen LogP) is 0.0408. The van der Waals surface area contributed by atoms with E-state index in [4.69, 9.17) is 10.5 Å². The number of nitrogens with zero attached hydrogens (tertiary/aromatic N) is 3. The molecule has 1 fully saturated rings. The van der Waals surface area contributed by atoms with Gasteiger partial charge in [0.05, 0.1) is 39.2 Å². The Morgan fingerprint density at radius 2 is 1.85 bits per heavy atom. The molecule has 27 heavy (non-hydrogen) atoms. The molecular weight excluding hydrogens is 380 g/mol. The highest BCUT2D eigenvalue weighted by atomic mass is 32.3. The smallest absolute Gasteiger partial charge is 0.311 e. The molecule has 0 bridgehead atoms. The molecule has 0 radical (unpaired) electrons. The number of nitrogens with two attached hydrogens (primary N) is 1. The molecule has 1 heterocycles. The summed E-state index contributed by atoms with van der Waals surface area (Å²) < 4.78 is 37.6. The van der Waals surface area contributed by atoms with Crippen molar-refractivity contribution < 1.29 is 31.3 Å². The number of nitro groups is 1. The van der Waals surface area contributed by atoms with Crippen molar-refractivity contribution in [1.29, 1.82) is 0 Å². The molecule has 1 aliphatic rings. The summed E-state index contributed by atoms with van der Waals surface area (Å²) in [5.74, 6) is 0.244. The standard InChI is InChI=1S/C14H23N4O3.CH4O4S/c1-18(2)8-5-16(6-9-18)7-10-21-14-11-12(15)3-4-13(14)17(19)20;1-5-6(2,3)4/h3-4,11H,5-10,15H2,1-2H3;1H3,(H,2,3,4)/q+1;/p-1. The molecule has 0 spiro atoms. The number of piperazine rings is 1. The SMILES string of the molecule is COS(=O)(=O)[O-].C[N+]1(C)CCN(CCOc2cc(N)ccc2[N+](=O)[O-])CC1. The molecule has 0 aliphatic carbocycles. The van der Waals surface area contributed by atoms with Gasteiger partial charge in [0.1, 0.15) is 6.61 Å². The fraction of sp³-hybridized carbons (Fsp3) is 0.600. The van der Waals surface area contributed by atoms with Gasteiger partial charge in [0.25, 0.3) is 0 Å². The van der Waals surface area contributed by atoms with Crippen LogP contribution in [-0.4, -0.2) is 87.8 Å². The lowest BCUT2D eigenvalue weighted by molar-refractivity contribution is -0.894. The molecule has 0 aromatic heterocycles. The van der Waals surface area contributed by atoms with E-state index < -0.39 is 15.3 Å². The van der Waals surface area contributed by atoms with Crippen molar-refractivity contribution in [2.24, 2.45) is 0 Å². The lowest BCUT2D eigenvalue weighted by atomic mass is 10.2. The lowest BCUT2D eigenvalue weighted by Gasteiger charge is -2.38. The number of anilines is 1. The van der Waals surface area contributed by atoms with Crippen molar-refractivity contribution in [2.45, 2.75) is 0 Å². The van der Waals surface area contributed by atoms with Crippen LogP contribution in [0, 0.1) is 10.1 Å². The Labute approximate surface area is 159 Å². The highest BCUT2D eigenvalue weighted by Crippen LogP contribution is 2.28. The molecular formula is C15H26N4O7S. The number of ether oxygens (including phenoxy) is 1. The van der Waals surface area contributed by atoms with E-state index in [0.29, 0.717) is 12.3 Å². The molecule has 2 N–H and O–H groups in total. The Kier molecular flexibility index (Phi) is 8.37. The topological polar surface area (TPSA) is 148 Å². The summed E-state index contributed by atoms with van der Waals surface area (Å²) in [7, 11) is 0.848. The summed E-state index contributed by atoms with van der Waals surface area (Å²) in [5, 5.41) is 10.9. The molecule has 12 heteroatoms. The lowest BCUT2D eigenvalue weighted by Crippen LogP contribution is -2.55. The molecule has 1 saturated heterocycles. The third-order valence-corrected chi connectivity index (χ3v) is 4.50. The van der Waals surface area contributed by atoms with E-state index in [0.717, 1.165) is 44.3 Å². The van der Waals surface area contributed by atoms with Gasteiger partial charge in [-0.15, -0.1) is 0 Å². The summed E-state index contributed by atoms with van der Waals surface area (Å²) in [6.07, 6.45) is 0. The minimum atomic E-state index is -4.41. The number of likely N-dealkylation sites (N-methyl/N-ethyl adjacent to an activating group) is 1. The fourth-order valence-corrected chi connectivity index (χ4v) is 2.35. The van der Waals surface area contributed by atoms with Crippen LogP contribution in [-0.2, 0) is 14.6 Å². The van der Waals surface area contributed by atoms with E-state index in [1.54, 1.807) is 0 Å². The average molecular weight is 406 g/mol. The quantitative estimate of drug-likeness (QED) is 0.173. The Bertz CT molecular complexity index is 730. The van der Waals surface area contributed by atoms with Gasteiger partial charge in [-0.05, 0) is 6.07 Å². The number of nitro benzene ring substituents is 1. The Hall–Kier alpha value is -1.99. The third-order valence-electron chi connectivity index (χ3n) is 4.09. The van der Waals surface area contributed by atoms with Gasteiger partial charge in [0.2, 0.25) is 10.4 Å². The maximum absolute atomic E-state index is 10.9. The van der Waals surface area contributed by atoms with Crippen molar-refractivity contribution in [3.05, 3.63) is 28.3 Å². The Morgan fingerprint density at radius 3 is 2.33 bits per heavy atom. The number of hydrogen-bond acceptors (Lipinski definition) is 9. The minimum Gasteiger partial charge on any atom is -0.726 e. The summed E-state index contributed by atoms with van der Waals surface area (Å²) in [6.45, 7) is 5.46. The Morgan fingerprint density at radius 1 is 1.30 bits per heavy atom. The maximum Gasteiger partial charge on any atom is 0.311 e. The van der Waals surface area contributed by atoms with Crippen LogP contribution in [0.15, 0.2) is 18.2 Å². The molecule has 1 aromatic rings. The highest BCUT2D eigenvalue weighted by Gasteiger charge is 2.24. The van der Waals surface area contributed by atoms with Gasteiger partial charge in [-0.2, -0.15) is 0 Å². The van der Waals surface area contributed by atoms with Crippen molar-refractivity contribution in [1.82, 2.24) is 4.90 Å². The van der Waals surface area contributed by atoms with E-state index >= 15 is 0 Å². The van der Waals surface area contributed by atoms with Gasteiger partial charge >= 0.3 is 5.69 Å². The summed E-state index contributed by atoms with van der Waals surface area (Å²) in [5.41, 5.74) is 6.08. The first-order valence-electron chi connectivity index (χ1n) is 8.16. The van der Waals surface area contributed by atoms with E-state index in [9.17, 15) is 23.1 Å². The normalized spacial score (nSPS) is 16.9. The molecule has 11 nitrogen and oxygen atoms in total. The number of hydrogen-bond donors (Lipinski definition) is 1. The monoisotopic (exact) mass is 406 g/mol. The molecule has 154 valence electrons. The zero-order valence-electron chi connectivity index (χ0n) is 15.7. The zero-order chi connectivity index (χ0) is 20.7. The molecule has 0 amide bonds. The van der Waals surface area contributed by atoms with Crippen LogP contribution in [0.3, 0.4) is 0 Å². The molecule has 1 aliphatic heterocycles. The molecule has 1 aromatic carbocycles. The molecule has 2 rings (SSSR count). The molecule has 0 unspecified atom stereocenters. The van der Waals surface area contributed by atoms with E-state index in [1.807, 2.05) is 0 Å². The summed E-state index contributed by atoms with van der Waals surface area (Å²) in [6, 6.07) is 4.40. The van der Waals surface area contributed by atoms with Gasteiger partial charge in [0.15, 0.2) is 5.75 Å². The first-order chi connectivity index (χ1) is 12.4. The van der Waals surface area contributed by atoms with Gasteiger partial charge in [-0.1, -0.05) is 0 Å². The second kappa shape index (κ2) is 9.80. The predicted molar refractivity (Wildman–Crippen MR) is 98.0 cm³/mol. The van der Waals surface area contributed by atoms with Crippen molar-refractivity contribution in [2.75, 3.05) is 66.3 Å². The maximum atomic E-state index is 10.9. The highest BCUT2D eigenvalue weighted by molar-refractivity contribution is 7.80. The van der Waals surface area contributed by atoms with Crippen LogP contribution in [0.5, 0.6) is 5.75 Å². The number of benzene rings is 1. The molecule has 0 saturated carbocycles. The summed E-state index contributed by atoms with van der Waals surface area (Å²) in [4.78, 5) is 12.8. The largest absolute Gasteiger partial charge is 0.726 e. The number of quaternary nitrogens is 1. The van der Waals surface area contributed by atoms with Gasteiger partial charge in [-0.25, -0.2) is 8.42 Å². The van der Waals surface area contributed by atoms with E-state index in [2.05, 4.69) is 23.2 Å². The van der Waals surface area contributed by atoms with Gasteiger partial charge in [0, 0.05) is 37.5 Å². The van der Waals surface area contributed by atoms with E-state index in [1.165, 1.54) is 18.2 Å². The van der Waals surface area contributed by atoms with Crippen LogP contribution in [0.1, 0.15) is 0 Å². The summed E-state index contributed by atoms with van der Waals surface area (Å²) >= 11 is 0. The van der Waals surface area contributed by atoms with Crippen LogP contribution < -0.4 is 10.5 Å². The minimum absolute atomic E-state index is 0.0411. The van der Waals surface area contributed by atoms with Crippen LogP contribution in [0.4, 0.5) is 11.4 Å². The first kappa shape index (κ1) is 23.0. The Balaban J connectivity index is 0.000000527. The fourth-order valence-electron chi connectivity index (χ4n) is 2.35. The second-order valence-electron chi connectivity index (χ2n) is 6.63. The van der Waals surface area contributed by atoms with Gasteiger partial charge in [-0.3, -0.25) is 19.2 Å². The van der Waals surface area contributed by atoms with E-state index in [-0.39, 0.29) is 11.4 Å². The average Bonchev–Trinajstić information content (AvgIpc) is 2.56. The molecule has 0 atom stereocenters. The van der Waals surface area contributed by atoms with Crippen LogP contribution in [0.25, 0.3) is 0 Å². The first-order valence-corrected chi connectivity index (χ1v) is 9.49. The van der Waals surface area contributed by atoms with Crippen molar-refractivity contribution >= 4 is 21.8 Å². The number of nitrogen functional groups attached to an aromatic ring is 1. The van der Waals surface area contributed by atoms with Crippen molar-refractivity contribution in [3.8, 4) is 5.75 Å². The van der Waals surface area contributed by atoms with Gasteiger partial charge < -0.3 is 19.5 Å². The van der Waals surface area contributed by atoms with Crippen LogP contribution >= 0.6 is 0 Å². The van der Waals surface area contributed by atoms with Crippen molar-refractivity contribution in [3.63, 3.8) is 0 Å². The zero-order valence-corrected chi connectivity index (χ0v) is 16.5. The third kappa shape index (κ3) is 8.97. The number of rotatable bonds is 6.